The number of nitro benzene ring substituents is 1. The minimum atomic E-state index is -0.470. The predicted molar refractivity (Wildman–Crippen MR) is 123 cm³/mol. The molecule has 0 saturated heterocycles. The molecule has 31 heavy (non-hydrogen) atoms. The van der Waals surface area contributed by atoms with Crippen molar-refractivity contribution in [3.8, 4) is 5.75 Å². The molecule has 0 radical (unpaired) electrons. The van der Waals surface area contributed by atoms with Gasteiger partial charge >= 0.3 is 0 Å². The summed E-state index contributed by atoms with van der Waals surface area (Å²) >= 11 is 0. The number of aromatic hydroxyl groups is 1. The van der Waals surface area contributed by atoms with Crippen LogP contribution in [0.4, 0.5) is 5.69 Å². The quantitative estimate of drug-likeness (QED) is 0.387. The Morgan fingerprint density at radius 1 is 1.06 bits per heavy atom. The normalized spacial score (nSPS) is 12.2. The number of amides is 1. The number of benzene rings is 2. The molecular formula is C24H31N3O4. The molecule has 0 spiro atoms. The predicted octanol–water partition coefficient (Wildman–Crippen LogP) is 4.98. The van der Waals surface area contributed by atoms with Gasteiger partial charge in [-0.1, -0.05) is 53.7 Å². The van der Waals surface area contributed by atoms with Crippen molar-refractivity contribution in [3.05, 3.63) is 68.8 Å². The van der Waals surface area contributed by atoms with E-state index in [1.165, 1.54) is 18.3 Å². The summed E-state index contributed by atoms with van der Waals surface area (Å²) in [6.45, 7) is 12.3. The zero-order valence-corrected chi connectivity index (χ0v) is 19.0. The van der Waals surface area contributed by atoms with Gasteiger partial charge in [0, 0.05) is 18.6 Å². The number of rotatable bonds is 6. The minimum Gasteiger partial charge on any atom is -0.507 e. The largest absolute Gasteiger partial charge is 0.507 e. The van der Waals surface area contributed by atoms with E-state index in [0.717, 1.165) is 16.7 Å². The third-order valence-electron chi connectivity index (χ3n) is 4.93. The highest BCUT2D eigenvalue weighted by molar-refractivity contribution is 5.82. The second-order valence-electron chi connectivity index (χ2n) is 9.68. The number of aryl methyl sites for hydroxylation is 1. The number of nitrogens with zero attached hydrogens (tertiary/aromatic N) is 2. The number of phenols is 1. The van der Waals surface area contributed by atoms with Gasteiger partial charge in [-0.25, -0.2) is 5.43 Å². The first-order valence-electron chi connectivity index (χ1n) is 10.2. The number of phenolic OH excluding ortho intramolecular Hbond substituents is 1. The third kappa shape index (κ3) is 6.64. The van der Waals surface area contributed by atoms with Gasteiger partial charge in [0.15, 0.2) is 0 Å². The molecule has 0 fully saturated rings. The smallest absolute Gasteiger partial charge is 0.269 e. The van der Waals surface area contributed by atoms with Gasteiger partial charge in [0.2, 0.25) is 5.91 Å². The van der Waals surface area contributed by atoms with E-state index in [-0.39, 0.29) is 28.8 Å². The summed E-state index contributed by atoms with van der Waals surface area (Å²) in [6.07, 6.45) is 2.21. The van der Waals surface area contributed by atoms with E-state index in [9.17, 15) is 20.0 Å². The highest BCUT2D eigenvalue weighted by Crippen LogP contribution is 2.39. The Labute approximate surface area is 183 Å². The molecule has 7 heteroatoms. The van der Waals surface area contributed by atoms with Gasteiger partial charge in [-0.3, -0.25) is 14.9 Å². The van der Waals surface area contributed by atoms with E-state index in [2.05, 4.69) is 52.1 Å². The fraction of sp³-hybridized carbons (Fsp3) is 0.417. The van der Waals surface area contributed by atoms with E-state index in [1.807, 2.05) is 12.1 Å². The highest BCUT2D eigenvalue weighted by atomic mass is 16.6. The van der Waals surface area contributed by atoms with Gasteiger partial charge in [-0.05, 0) is 51.6 Å². The van der Waals surface area contributed by atoms with E-state index in [4.69, 9.17) is 0 Å². The molecule has 0 unspecified atom stereocenters. The third-order valence-corrected chi connectivity index (χ3v) is 4.93. The summed E-state index contributed by atoms with van der Waals surface area (Å²) in [7, 11) is 0. The first kappa shape index (κ1) is 24.1. The maximum Gasteiger partial charge on any atom is 0.269 e. The molecule has 0 aliphatic rings. The van der Waals surface area contributed by atoms with Gasteiger partial charge in [0.1, 0.15) is 5.75 Å². The van der Waals surface area contributed by atoms with Gasteiger partial charge in [0.05, 0.1) is 11.1 Å². The molecular weight excluding hydrogens is 394 g/mol. The monoisotopic (exact) mass is 425 g/mol. The van der Waals surface area contributed by atoms with Crippen molar-refractivity contribution in [1.82, 2.24) is 5.43 Å². The molecule has 2 N–H and O–H groups in total. The second kappa shape index (κ2) is 9.29. The Bertz CT molecular complexity index is 946. The Kier molecular flexibility index (Phi) is 7.21. The Morgan fingerprint density at radius 2 is 1.58 bits per heavy atom. The van der Waals surface area contributed by atoms with E-state index >= 15 is 0 Å². The van der Waals surface area contributed by atoms with Crippen LogP contribution >= 0.6 is 0 Å². The molecule has 2 aromatic carbocycles. The van der Waals surface area contributed by atoms with Crippen LogP contribution in [0.2, 0.25) is 0 Å². The van der Waals surface area contributed by atoms with Crippen LogP contribution in [0.5, 0.6) is 5.75 Å². The molecule has 2 rings (SSSR count). The Hall–Kier alpha value is -3.22. The first-order chi connectivity index (χ1) is 14.3. The number of carbonyl (C=O) groups excluding carboxylic acids is 1. The summed E-state index contributed by atoms with van der Waals surface area (Å²) in [6, 6.07) is 9.83. The van der Waals surface area contributed by atoms with Gasteiger partial charge in [-0.2, -0.15) is 5.10 Å². The molecule has 0 heterocycles. The molecule has 0 aliphatic carbocycles. The van der Waals surface area contributed by atoms with Crippen molar-refractivity contribution < 1.29 is 14.8 Å². The van der Waals surface area contributed by atoms with Crippen LogP contribution in [0.25, 0.3) is 0 Å². The SMILES string of the molecule is CC(C)(C)c1cc(CCC(=O)N/N=C\c2ccc([N+](=O)[O-])cc2)cc(C(C)(C)C)c1O. The van der Waals surface area contributed by atoms with Crippen molar-refractivity contribution in [2.75, 3.05) is 0 Å². The molecule has 0 aliphatic heterocycles. The summed E-state index contributed by atoms with van der Waals surface area (Å²) in [4.78, 5) is 22.4. The number of hydrazone groups is 1. The number of hydrogen-bond acceptors (Lipinski definition) is 5. The molecule has 0 bridgehead atoms. The fourth-order valence-corrected chi connectivity index (χ4v) is 3.16. The van der Waals surface area contributed by atoms with Crippen LogP contribution in [0.1, 0.15) is 70.2 Å². The average Bonchev–Trinajstić information content (AvgIpc) is 2.65. The maximum atomic E-state index is 12.2. The van der Waals surface area contributed by atoms with Crippen molar-refractivity contribution in [2.24, 2.45) is 5.10 Å². The lowest BCUT2D eigenvalue weighted by Crippen LogP contribution is -2.20. The van der Waals surface area contributed by atoms with Crippen LogP contribution < -0.4 is 5.43 Å². The maximum absolute atomic E-state index is 12.2. The van der Waals surface area contributed by atoms with Gasteiger partial charge in [0.25, 0.3) is 5.69 Å². The van der Waals surface area contributed by atoms with Crippen LogP contribution in [0.3, 0.4) is 0 Å². The lowest BCUT2D eigenvalue weighted by Gasteiger charge is -2.28. The number of carbonyl (C=O) groups is 1. The average molecular weight is 426 g/mol. The van der Waals surface area contributed by atoms with Crippen molar-refractivity contribution >= 4 is 17.8 Å². The van der Waals surface area contributed by atoms with Gasteiger partial charge < -0.3 is 5.11 Å². The first-order valence-corrected chi connectivity index (χ1v) is 10.2. The standard InChI is InChI=1S/C24H31N3O4/c1-23(2,3)19-13-17(14-20(22(19)29)24(4,5)6)9-12-21(28)26-25-15-16-7-10-18(11-8-16)27(30)31/h7-8,10-11,13-15,29H,9,12H2,1-6H3,(H,26,28)/b25-15-. The summed E-state index contributed by atoms with van der Waals surface area (Å²) < 4.78 is 0. The van der Waals surface area contributed by atoms with Crippen LogP contribution in [-0.4, -0.2) is 22.2 Å². The lowest BCUT2D eigenvalue weighted by molar-refractivity contribution is -0.384. The number of non-ortho nitro benzene ring substituents is 1. The van der Waals surface area contributed by atoms with Crippen molar-refractivity contribution in [3.63, 3.8) is 0 Å². The topological polar surface area (TPSA) is 105 Å². The molecule has 0 saturated carbocycles. The zero-order valence-electron chi connectivity index (χ0n) is 19.0. The Morgan fingerprint density at radius 3 is 2.03 bits per heavy atom. The molecule has 7 nitrogen and oxygen atoms in total. The van der Waals surface area contributed by atoms with E-state index < -0.39 is 4.92 Å². The molecule has 2 aromatic rings. The van der Waals surface area contributed by atoms with Crippen LogP contribution in [0.15, 0.2) is 41.5 Å². The number of hydrogen-bond donors (Lipinski definition) is 2. The van der Waals surface area contributed by atoms with E-state index in [0.29, 0.717) is 17.7 Å². The molecule has 0 atom stereocenters. The zero-order chi connectivity index (χ0) is 23.4. The van der Waals surface area contributed by atoms with Crippen molar-refractivity contribution in [1.29, 1.82) is 0 Å². The van der Waals surface area contributed by atoms with E-state index in [1.54, 1.807) is 12.1 Å². The summed E-state index contributed by atoms with van der Waals surface area (Å²) in [5.41, 5.74) is 5.41. The molecule has 166 valence electrons. The summed E-state index contributed by atoms with van der Waals surface area (Å²) in [5, 5.41) is 25.4. The molecule has 1 amide bonds. The van der Waals surface area contributed by atoms with Crippen LogP contribution in [-0.2, 0) is 22.0 Å². The highest BCUT2D eigenvalue weighted by Gasteiger charge is 2.26. The molecule has 0 aromatic heterocycles. The van der Waals surface area contributed by atoms with Crippen molar-refractivity contribution in [2.45, 2.75) is 65.2 Å². The van der Waals surface area contributed by atoms with Gasteiger partial charge in [-0.15, -0.1) is 0 Å². The number of nitrogens with one attached hydrogen (secondary N) is 1. The summed E-state index contributed by atoms with van der Waals surface area (Å²) in [5.74, 6) is 0.0850. The van der Waals surface area contributed by atoms with Crippen LogP contribution in [0, 0.1) is 10.1 Å². The number of nitro groups is 1. The second-order valence-corrected chi connectivity index (χ2v) is 9.68. The Balaban J connectivity index is 2.06. The lowest BCUT2D eigenvalue weighted by atomic mass is 9.78. The minimum absolute atomic E-state index is 0.000615. The fourth-order valence-electron chi connectivity index (χ4n) is 3.16.